The van der Waals surface area contributed by atoms with E-state index in [0.717, 1.165) is 48.7 Å². The molecule has 1 atom stereocenters. The number of rotatable bonds is 9. The topological polar surface area (TPSA) is 113 Å². The number of nitrogens with zero attached hydrogens (tertiary/aromatic N) is 3. The number of nitrogens with two attached hydrogens (primary N) is 1. The van der Waals surface area contributed by atoms with E-state index in [1.54, 1.807) is 4.57 Å². The fourth-order valence-corrected chi connectivity index (χ4v) is 3.56. The van der Waals surface area contributed by atoms with Crippen LogP contribution in [0.25, 0.3) is 16.7 Å². The molecule has 4 rings (SSSR count). The van der Waals surface area contributed by atoms with Crippen molar-refractivity contribution in [1.82, 2.24) is 25.2 Å². The predicted molar refractivity (Wildman–Crippen MR) is 125 cm³/mol. The van der Waals surface area contributed by atoms with Crippen LogP contribution in [-0.2, 0) is 0 Å². The highest BCUT2D eigenvalue weighted by Gasteiger charge is 2.20. The van der Waals surface area contributed by atoms with E-state index in [1.165, 1.54) is 18.4 Å². The number of hydrogen-bond donors (Lipinski definition) is 4. The summed E-state index contributed by atoms with van der Waals surface area (Å²) in [7, 11) is 0. The van der Waals surface area contributed by atoms with Crippen molar-refractivity contribution in [2.45, 2.75) is 39.2 Å². The normalized spacial score (nSPS) is 15.4. The largest absolute Gasteiger partial charge is 0.370 e. The molecule has 0 amide bonds. The molecule has 0 bridgehead atoms. The number of aliphatic imine (C=N–C) groups is 1. The van der Waals surface area contributed by atoms with Crippen molar-refractivity contribution in [2.24, 2.45) is 16.6 Å². The Kier molecular flexibility index (Phi) is 6.36. The van der Waals surface area contributed by atoms with Gasteiger partial charge in [-0.15, -0.1) is 0 Å². The number of benzene rings is 1. The number of nitrogens with one attached hydrogen (secondary N) is 3. The Bertz CT molecular complexity index is 1110. The molecule has 1 aliphatic rings. The van der Waals surface area contributed by atoms with E-state index in [9.17, 15) is 4.79 Å². The molecule has 31 heavy (non-hydrogen) atoms. The lowest BCUT2D eigenvalue weighted by Gasteiger charge is -2.15. The smallest absolute Gasteiger partial charge is 0.354 e. The fraction of sp³-hybridized carbons (Fsp3) is 0.435. The maximum Gasteiger partial charge on any atom is 0.354 e. The number of H-pyrrole nitrogens is 1. The highest BCUT2D eigenvalue weighted by Crippen LogP contribution is 2.28. The van der Waals surface area contributed by atoms with Crippen LogP contribution in [0.15, 0.2) is 46.3 Å². The van der Waals surface area contributed by atoms with Crippen LogP contribution in [0.3, 0.4) is 0 Å². The molecule has 0 aliphatic heterocycles. The first-order valence-corrected chi connectivity index (χ1v) is 11.0. The van der Waals surface area contributed by atoms with Crippen LogP contribution in [0.2, 0.25) is 0 Å². The van der Waals surface area contributed by atoms with E-state index in [2.05, 4.69) is 32.5 Å². The van der Waals surface area contributed by atoms with Gasteiger partial charge in [0.15, 0.2) is 5.96 Å². The zero-order valence-electron chi connectivity index (χ0n) is 18.2. The van der Waals surface area contributed by atoms with Gasteiger partial charge in [-0.25, -0.2) is 4.79 Å². The Morgan fingerprint density at radius 1 is 1.32 bits per heavy atom. The van der Waals surface area contributed by atoms with E-state index < -0.39 is 0 Å². The van der Waals surface area contributed by atoms with Crippen LogP contribution in [0.4, 0.5) is 0 Å². The summed E-state index contributed by atoms with van der Waals surface area (Å²) >= 11 is 0. The Morgan fingerprint density at radius 2 is 2.10 bits per heavy atom. The lowest BCUT2D eigenvalue weighted by Crippen LogP contribution is -2.34. The fourth-order valence-electron chi connectivity index (χ4n) is 3.56. The average Bonchev–Trinajstić information content (AvgIpc) is 3.52. The van der Waals surface area contributed by atoms with Crippen molar-refractivity contribution < 1.29 is 0 Å². The molecule has 0 saturated heterocycles. The van der Waals surface area contributed by atoms with Crippen molar-refractivity contribution in [3.63, 3.8) is 0 Å². The summed E-state index contributed by atoms with van der Waals surface area (Å²) in [6.45, 7) is 6.61. The highest BCUT2D eigenvalue weighted by molar-refractivity contribution is 5.77. The lowest BCUT2D eigenvalue weighted by molar-refractivity contribution is 0.555. The molecular weight excluding hydrogens is 390 g/mol. The number of hydrogen-bond acceptors (Lipinski definition) is 4. The molecule has 0 unspecified atom stereocenters. The van der Waals surface area contributed by atoms with Gasteiger partial charge in [-0.3, -0.25) is 9.56 Å². The summed E-state index contributed by atoms with van der Waals surface area (Å²) in [5, 5.41) is 7.62. The van der Waals surface area contributed by atoms with Crippen LogP contribution < -0.4 is 22.1 Å². The molecule has 0 spiro atoms. The van der Waals surface area contributed by atoms with Crippen LogP contribution in [0.5, 0.6) is 0 Å². The molecule has 8 nitrogen and oxygen atoms in total. The number of aromatic amines is 1. The van der Waals surface area contributed by atoms with Gasteiger partial charge in [-0.1, -0.05) is 12.1 Å². The monoisotopic (exact) mass is 421 g/mol. The summed E-state index contributed by atoms with van der Waals surface area (Å²) in [6.07, 6.45) is 5.36. The van der Waals surface area contributed by atoms with E-state index in [-0.39, 0.29) is 11.7 Å². The first-order valence-electron chi connectivity index (χ1n) is 11.0. The van der Waals surface area contributed by atoms with Crippen LogP contribution >= 0.6 is 0 Å². The van der Waals surface area contributed by atoms with E-state index >= 15 is 0 Å². The Labute approximate surface area is 182 Å². The second-order valence-electron chi connectivity index (χ2n) is 8.37. The maximum atomic E-state index is 12.4. The quantitative estimate of drug-likeness (QED) is 0.241. The van der Waals surface area contributed by atoms with Gasteiger partial charge in [-0.2, -0.15) is 4.98 Å². The van der Waals surface area contributed by atoms with Crippen molar-refractivity contribution in [3.8, 4) is 5.69 Å². The first kappa shape index (κ1) is 21.1. The van der Waals surface area contributed by atoms with E-state index in [4.69, 9.17) is 5.73 Å². The van der Waals surface area contributed by atoms with Gasteiger partial charge in [0.05, 0.1) is 5.69 Å². The van der Waals surface area contributed by atoms with Gasteiger partial charge in [0.25, 0.3) is 0 Å². The minimum atomic E-state index is -0.291. The molecule has 164 valence electrons. The SMILES string of the molecule is Cc1cc2cn(-c3ccc([C@H](C)NCCCNC(N)=NCC4CC4)cc3)c(=O)nc2[nH]1. The van der Waals surface area contributed by atoms with Gasteiger partial charge in [0.1, 0.15) is 5.65 Å². The van der Waals surface area contributed by atoms with Crippen molar-refractivity contribution in [2.75, 3.05) is 19.6 Å². The second kappa shape index (κ2) is 9.34. The van der Waals surface area contributed by atoms with Crippen molar-refractivity contribution in [1.29, 1.82) is 0 Å². The minimum Gasteiger partial charge on any atom is -0.370 e. The molecule has 3 aromatic rings. The Hall–Kier alpha value is -3.13. The molecule has 1 saturated carbocycles. The third-order valence-electron chi connectivity index (χ3n) is 5.64. The third-order valence-corrected chi connectivity index (χ3v) is 5.64. The average molecular weight is 422 g/mol. The molecule has 1 aliphatic carbocycles. The van der Waals surface area contributed by atoms with Gasteiger partial charge in [0.2, 0.25) is 0 Å². The first-order chi connectivity index (χ1) is 15.0. The third kappa shape index (κ3) is 5.52. The molecule has 1 fully saturated rings. The van der Waals surface area contributed by atoms with E-state index in [0.29, 0.717) is 11.6 Å². The highest BCUT2D eigenvalue weighted by atomic mass is 16.1. The van der Waals surface area contributed by atoms with Gasteiger partial charge in [0, 0.05) is 36.4 Å². The molecule has 5 N–H and O–H groups in total. The summed E-state index contributed by atoms with van der Waals surface area (Å²) in [5.41, 5.74) is 9.17. The number of aryl methyl sites for hydroxylation is 1. The summed E-state index contributed by atoms with van der Waals surface area (Å²) in [4.78, 5) is 24.0. The lowest BCUT2D eigenvalue weighted by atomic mass is 10.1. The van der Waals surface area contributed by atoms with Gasteiger partial charge in [-0.05, 0) is 69.3 Å². The van der Waals surface area contributed by atoms with Crippen molar-refractivity contribution in [3.05, 3.63) is 58.3 Å². The van der Waals surface area contributed by atoms with Crippen molar-refractivity contribution >= 4 is 17.0 Å². The van der Waals surface area contributed by atoms with Gasteiger partial charge < -0.3 is 21.4 Å². The van der Waals surface area contributed by atoms with Crippen LogP contribution in [0, 0.1) is 12.8 Å². The summed E-state index contributed by atoms with van der Waals surface area (Å²) in [6, 6.07) is 10.2. The predicted octanol–water partition coefficient (Wildman–Crippen LogP) is 2.38. The zero-order valence-corrected chi connectivity index (χ0v) is 18.2. The molecular formula is C23H31N7O. The minimum absolute atomic E-state index is 0.208. The number of aromatic nitrogens is 3. The number of fused-ring (bicyclic) bond motifs is 1. The Balaban J connectivity index is 1.28. The summed E-state index contributed by atoms with van der Waals surface area (Å²) in [5.74, 6) is 1.30. The second-order valence-corrected chi connectivity index (χ2v) is 8.37. The molecule has 0 radical (unpaired) electrons. The van der Waals surface area contributed by atoms with Crippen LogP contribution in [-0.4, -0.2) is 40.1 Å². The molecule has 1 aromatic carbocycles. The zero-order chi connectivity index (χ0) is 21.8. The Morgan fingerprint density at radius 3 is 2.84 bits per heavy atom. The van der Waals surface area contributed by atoms with Gasteiger partial charge >= 0.3 is 5.69 Å². The number of guanidine groups is 1. The van der Waals surface area contributed by atoms with Crippen LogP contribution in [0.1, 0.15) is 43.5 Å². The standard InChI is InChI=1S/C23H31N7O/c1-15-12-19-14-30(23(31)29-21(19)28-15)20-8-6-18(7-9-20)16(2)25-10-3-11-26-22(24)27-13-17-4-5-17/h6-9,12,14,16-17,25H,3-5,10-11,13H2,1-2H3,(H3,24,26,27)(H,28,29,31)/t16-/m0/s1. The maximum absolute atomic E-state index is 12.4. The molecule has 2 aromatic heterocycles. The van der Waals surface area contributed by atoms with E-state index in [1.807, 2.05) is 43.5 Å². The molecule has 2 heterocycles. The molecule has 8 heteroatoms. The summed E-state index contributed by atoms with van der Waals surface area (Å²) < 4.78 is 1.58.